The van der Waals surface area contributed by atoms with Crippen LogP contribution in [0.5, 0.6) is 0 Å². The zero-order valence-corrected chi connectivity index (χ0v) is 15.7. The van der Waals surface area contributed by atoms with Crippen LogP contribution in [0.1, 0.15) is 34.1 Å². The third-order valence-electron chi connectivity index (χ3n) is 4.53. The summed E-state index contributed by atoms with van der Waals surface area (Å²) in [6.45, 7) is 1.41. The Kier molecular flexibility index (Phi) is 4.67. The van der Waals surface area contributed by atoms with Gasteiger partial charge in [0.15, 0.2) is 0 Å². The number of carbonyl (C=O) groups excluding carboxylic acids is 1. The van der Waals surface area contributed by atoms with Gasteiger partial charge in [0.25, 0.3) is 5.91 Å². The van der Waals surface area contributed by atoms with E-state index in [1.807, 2.05) is 23.1 Å². The van der Waals surface area contributed by atoms with Crippen LogP contribution in [0, 0.1) is 0 Å². The van der Waals surface area contributed by atoms with Gasteiger partial charge in [0.1, 0.15) is 0 Å². The molecule has 1 saturated heterocycles. The molecule has 2 heterocycles. The summed E-state index contributed by atoms with van der Waals surface area (Å²) in [5.74, 6) is 0.214. The topological polar surface area (TPSA) is 33.2 Å². The second-order valence-electron chi connectivity index (χ2n) is 6.23. The predicted octanol–water partition coefficient (Wildman–Crippen LogP) is 5.62. The molecule has 4 rings (SSSR count). The summed E-state index contributed by atoms with van der Waals surface area (Å²) in [5, 5.41) is 2.07. The lowest BCUT2D eigenvalue weighted by Crippen LogP contribution is -2.39. The molecular formula is C19H16Cl2N2OS. The van der Waals surface area contributed by atoms with Crippen molar-refractivity contribution in [2.75, 3.05) is 13.1 Å². The monoisotopic (exact) mass is 390 g/mol. The van der Waals surface area contributed by atoms with Gasteiger partial charge in [-0.2, -0.15) is 0 Å². The van der Waals surface area contributed by atoms with Crippen molar-refractivity contribution in [3.8, 4) is 0 Å². The number of amides is 1. The Labute approximate surface area is 160 Å². The Morgan fingerprint density at radius 2 is 2.04 bits per heavy atom. The summed E-state index contributed by atoms with van der Waals surface area (Å²) in [5.41, 5.74) is 1.50. The SMILES string of the molecule is O=C(c1cc(Cl)ccc1Cl)N1CCC[C@H](c2nc3ccccc3s2)C1. The summed E-state index contributed by atoms with van der Waals surface area (Å²) in [6, 6.07) is 13.2. The fourth-order valence-electron chi connectivity index (χ4n) is 3.26. The van der Waals surface area contributed by atoms with E-state index < -0.39 is 0 Å². The number of likely N-dealkylation sites (tertiary alicyclic amines) is 1. The van der Waals surface area contributed by atoms with Crippen LogP contribution in [-0.4, -0.2) is 28.9 Å². The second kappa shape index (κ2) is 6.94. The van der Waals surface area contributed by atoms with Gasteiger partial charge in [-0.1, -0.05) is 35.3 Å². The van der Waals surface area contributed by atoms with Crippen molar-refractivity contribution in [1.82, 2.24) is 9.88 Å². The fraction of sp³-hybridized carbons (Fsp3) is 0.263. The van der Waals surface area contributed by atoms with Gasteiger partial charge in [-0.25, -0.2) is 4.98 Å². The molecule has 1 aliphatic rings. The third kappa shape index (κ3) is 3.39. The number of para-hydroxylation sites is 1. The van der Waals surface area contributed by atoms with Crippen LogP contribution in [0.25, 0.3) is 10.2 Å². The van der Waals surface area contributed by atoms with Crippen LogP contribution in [0.2, 0.25) is 10.0 Å². The lowest BCUT2D eigenvalue weighted by Gasteiger charge is -2.32. The first-order chi connectivity index (χ1) is 12.1. The average molecular weight is 391 g/mol. The van der Waals surface area contributed by atoms with Crippen molar-refractivity contribution >= 4 is 50.7 Å². The first kappa shape index (κ1) is 16.8. The zero-order chi connectivity index (χ0) is 17.4. The number of halogens is 2. The summed E-state index contributed by atoms with van der Waals surface area (Å²) >= 11 is 14.0. The number of piperidine rings is 1. The first-order valence-electron chi connectivity index (χ1n) is 8.21. The molecule has 0 N–H and O–H groups in total. The van der Waals surface area contributed by atoms with Gasteiger partial charge >= 0.3 is 0 Å². The van der Waals surface area contributed by atoms with Crippen molar-refractivity contribution in [1.29, 1.82) is 0 Å². The number of rotatable bonds is 2. The minimum absolute atomic E-state index is 0.0571. The molecule has 6 heteroatoms. The van der Waals surface area contributed by atoms with E-state index in [0.717, 1.165) is 29.9 Å². The summed E-state index contributed by atoms with van der Waals surface area (Å²) in [6.07, 6.45) is 2.01. The van der Waals surface area contributed by atoms with Gasteiger partial charge in [0.05, 0.1) is 25.8 Å². The van der Waals surface area contributed by atoms with Crippen molar-refractivity contribution in [3.05, 3.63) is 63.1 Å². The van der Waals surface area contributed by atoms with Crippen molar-refractivity contribution in [2.45, 2.75) is 18.8 Å². The van der Waals surface area contributed by atoms with E-state index in [0.29, 0.717) is 22.2 Å². The fourth-order valence-corrected chi connectivity index (χ4v) is 4.72. The highest BCUT2D eigenvalue weighted by Crippen LogP contribution is 2.34. The number of thiazole rings is 1. The minimum atomic E-state index is -0.0571. The molecule has 25 heavy (non-hydrogen) atoms. The van der Waals surface area contributed by atoms with Gasteiger partial charge in [-0.15, -0.1) is 11.3 Å². The van der Waals surface area contributed by atoms with Crippen molar-refractivity contribution < 1.29 is 4.79 Å². The quantitative estimate of drug-likeness (QED) is 0.568. The minimum Gasteiger partial charge on any atom is -0.338 e. The number of nitrogens with zero attached hydrogens (tertiary/aromatic N) is 2. The Hall–Kier alpha value is -1.62. The molecule has 0 saturated carbocycles. The van der Waals surface area contributed by atoms with E-state index in [-0.39, 0.29) is 11.8 Å². The zero-order valence-electron chi connectivity index (χ0n) is 13.4. The van der Waals surface area contributed by atoms with Crippen LogP contribution in [0.15, 0.2) is 42.5 Å². The largest absolute Gasteiger partial charge is 0.338 e. The van der Waals surface area contributed by atoms with E-state index >= 15 is 0 Å². The van der Waals surface area contributed by atoms with Crippen molar-refractivity contribution in [3.63, 3.8) is 0 Å². The summed E-state index contributed by atoms with van der Waals surface area (Å²) in [7, 11) is 0. The molecule has 0 spiro atoms. The Morgan fingerprint density at radius 1 is 1.20 bits per heavy atom. The highest BCUT2D eigenvalue weighted by atomic mass is 35.5. The molecule has 2 aromatic carbocycles. The van der Waals surface area contributed by atoms with Crippen LogP contribution < -0.4 is 0 Å². The molecule has 1 amide bonds. The highest BCUT2D eigenvalue weighted by molar-refractivity contribution is 7.18. The molecule has 0 radical (unpaired) electrons. The number of benzene rings is 2. The molecule has 1 aromatic heterocycles. The molecule has 3 aromatic rings. The molecule has 0 aliphatic carbocycles. The average Bonchev–Trinajstić information content (AvgIpc) is 3.07. The maximum Gasteiger partial charge on any atom is 0.255 e. The number of carbonyl (C=O) groups is 1. The lowest BCUT2D eigenvalue weighted by molar-refractivity contribution is 0.0707. The van der Waals surface area contributed by atoms with Crippen LogP contribution >= 0.6 is 34.5 Å². The molecule has 0 bridgehead atoms. The summed E-state index contributed by atoms with van der Waals surface area (Å²) in [4.78, 5) is 19.5. The van der Waals surface area contributed by atoms with E-state index in [9.17, 15) is 4.79 Å². The normalized spacial score (nSPS) is 17.8. The third-order valence-corrected chi connectivity index (χ3v) is 6.29. The lowest BCUT2D eigenvalue weighted by atomic mass is 9.98. The molecule has 0 unspecified atom stereocenters. The van der Waals surface area contributed by atoms with Gasteiger partial charge in [0.2, 0.25) is 0 Å². The van der Waals surface area contributed by atoms with Gasteiger partial charge < -0.3 is 4.90 Å². The Bertz CT molecular complexity index is 907. The number of hydrogen-bond donors (Lipinski definition) is 0. The molecule has 3 nitrogen and oxygen atoms in total. The van der Waals surface area contributed by atoms with E-state index in [1.54, 1.807) is 29.5 Å². The smallest absolute Gasteiger partial charge is 0.255 e. The Balaban J connectivity index is 1.58. The molecular weight excluding hydrogens is 375 g/mol. The first-order valence-corrected chi connectivity index (χ1v) is 9.79. The van der Waals surface area contributed by atoms with Crippen molar-refractivity contribution in [2.24, 2.45) is 0 Å². The van der Waals surface area contributed by atoms with Crippen LogP contribution in [0.4, 0.5) is 0 Å². The van der Waals surface area contributed by atoms with Gasteiger partial charge in [-0.3, -0.25) is 4.79 Å². The Morgan fingerprint density at radius 3 is 2.88 bits per heavy atom. The number of fused-ring (bicyclic) bond motifs is 1. The van der Waals surface area contributed by atoms with E-state index in [2.05, 4.69) is 6.07 Å². The predicted molar refractivity (Wildman–Crippen MR) is 104 cm³/mol. The molecule has 128 valence electrons. The van der Waals surface area contributed by atoms with Gasteiger partial charge in [-0.05, 0) is 43.2 Å². The second-order valence-corrected chi connectivity index (χ2v) is 8.14. The molecule has 1 fully saturated rings. The maximum atomic E-state index is 12.9. The van der Waals surface area contributed by atoms with E-state index in [1.165, 1.54) is 4.70 Å². The maximum absolute atomic E-state index is 12.9. The van der Waals surface area contributed by atoms with Crippen LogP contribution in [-0.2, 0) is 0 Å². The number of aromatic nitrogens is 1. The molecule has 1 atom stereocenters. The highest BCUT2D eigenvalue weighted by Gasteiger charge is 2.28. The molecule has 1 aliphatic heterocycles. The standard InChI is InChI=1S/C19H16Cl2N2OS/c20-13-7-8-15(21)14(10-13)19(24)23-9-3-4-12(11-23)18-22-16-5-1-2-6-17(16)25-18/h1-2,5-8,10,12H,3-4,9,11H2/t12-/m0/s1. The van der Waals surface area contributed by atoms with Crippen LogP contribution in [0.3, 0.4) is 0 Å². The van der Waals surface area contributed by atoms with E-state index in [4.69, 9.17) is 28.2 Å². The van der Waals surface area contributed by atoms with Gasteiger partial charge in [0, 0.05) is 24.0 Å². The number of hydrogen-bond acceptors (Lipinski definition) is 3. The summed E-state index contributed by atoms with van der Waals surface area (Å²) < 4.78 is 1.19.